The molecule has 0 saturated heterocycles. The molecule has 0 spiro atoms. The summed E-state index contributed by atoms with van der Waals surface area (Å²) in [6.07, 6.45) is -12.2. The largest absolute Gasteiger partial charge is 0.573 e. The first-order valence-corrected chi connectivity index (χ1v) is 5.28. The highest BCUT2D eigenvalue weighted by Crippen LogP contribution is 2.34. The molecule has 1 aromatic carbocycles. The zero-order valence-corrected chi connectivity index (χ0v) is 10.3. The molecule has 0 radical (unpaired) electrons. The van der Waals surface area contributed by atoms with Gasteiger partial charge in [-0.1, -0.05) is 0 Å². The highest BCUT2D eigenvalue weighted by Gasteiger charge is 2.35. The summed E-state index contributed by atoms with van der Waals surface area (Å²) in [7, 11) is 0. The highest BCUT2D eigenvalue weighted by atomic mass is 19.4. The van der Waals surface area contributed by atoms with Crippen LogP contribution in [0, 0.1) is 0 Å². The molecule has 1 N–H and O–H groups in total. The van der Waals surface area contributed by atoms with E-state index in [1.165, 1.54) is 0 Å². The predicted molar refractivity (Wildman–Crippen MR) is 56.4 cm³/mol. The van der Waals surface area contributed by atoms with Gasteiger partial charge in [0.25, 0.3) is 0 Å². The second-order valence-electron chi connectivity index (χ2n) is 3.78. The molecule has 0 heterocycles. The number of hydrogen-bond donors (Lipinski definition) is 1. The second kappa shape index (κ2) is 6.12. The Bertz CT molecular complexity index is 577. The van der Waals surface area contributed by atoms with Gasteiger partial charge in [-0.25, -0.2) is 4.79 Å². The van der Waals surface area contributed by atoms with E-state index >= 15 is 0 Å². The lowest BCUT2D eigenvalue weighted by Crippen LogP contribution is -2.21. The Morgan fingerprint density at radius 1 is 1.05 bits per heavy atom. The average molecular weight is 332 g/mol. The minimum atomic E-state index is -5.21. The van der Waals surface area contributed by atoms with E-state index in [-0.39, 0.29) is 0 Å². The van der Waals surface area contributed by atoms with E-state index in [0.29, 0.717) is 18.2 Å². The molecule has 1 aromatic rings. The topological polar surface area (TPSA) is 72.8 Å². The van der Waals surface area contributed by atoms with Crippen LogP contribution in [0.2, 0.25) is 0 Å². The van der Waals surface area contributed by atoms with E-state index < -0.39 is 48.0 Å². The van der Waals surface area contributed by atoms with E-state index in [2.05, 4.69) is 9.47 Å². The quantitative estimate of drug-likeness (QED) is 0.521. The molecule has 22 heavy (non-hydrogen) atoms. The SMILES string of the molecule is O=C(CC(F)(F)F)Oc1cc(C(=O)O)ccc1OC(F)(F)F. The van der Waals surface area contributed by atoms with Crippen molar-refractivity contribution >= 4 is 11.9 Å². The molecule has 5 nitrogen and oxygen atoms in total. The van der Waals surface area contributed by atoms with Gasteiger partial charge in [-0.15, -0.1) is 13.2 Å². The van der Waals surface area contributed by atoms with Crippen molar-refractivity contribution in [1.82, 2.24) is 0 Å². The van der Waals surface area contributed by atoms with Gasteiger partial charge >= 0.3 is 24.5 Å². The van der Waals surface area contributed by atoms with Crippen molar-refractivity contribution in [3.8, 4) is 11.5 Å². The number of halogens is 6. The maximum absolute atomic E-state index is 12.1. The Morgan fingerprint density at radius 2 is 1.64 bits per heavy atom. The van der Waals surface area contributed by atoms with Crippen LogP contribution in [0.5, 0.6) is 11.5 Å². The number of alkyl halides is 6. The third-order valence-corrected chi connectivity index (χ3v) is 1.98. The summed E-state index contributed by atoms with van der Waals surface area (Å²) in [5, 5.41) is 8.67. The normalized spacial score (nSPS) is 11.9. The van der Waals surface area contributed by atoms with Crippen LogP contribution in [0.15, 0.2) is 18.2 Å². The Balaban J connectivity index is 3.09. The van der Waals surface area contributed by atoms with Crippen molar-refractivity contribution in [2.75, 3.05) is 0 Å². The molecule has 0 aliphatic carbocycles. The van der Waals surface area contributed by atoms with E-state index in [1.54, 1.807) is 0 Å². The molecule has 1 rings (SSSR count). The van der Waals surface area contributed by atoms with Gasteiger partial charge in [0.05, 0.1) is 5.56 Å². The number of rotatable bonds is 4. The van der Waals surface area contributed by atoms with Crippen molar-refractivity contribution in [2.24, 2.45) is 0 Å². The summed E-state index contributed by atoms with van der Waals surface area (Å²) in [6, 6.07) is 1.65. The van der Waals surface area contributed by atoms with E-state index in [0.717, 1.165) is 0 Å². The van der Waals surface area contributed by atoms with Crippen molar-refractivity contribution in [1.29, 1.82) is 0 Å². The first-order chi connectivity index (χ1) is 9.87. The third kappa shape index (κ3) is 5.89. The lowest BCUT2D eigenvalue weighted by molar-refractivity contribution is -0.275. The van der Waals surface area contributed by atoms with Crippen LogP contribution in [0.25, 0.3) is 0 Å². The molecule has 0 saturated carbocycles. The van der Waals surface area contributed by atoms with Crippen LogP contribution in [-0.2, 0) is 4.79 Å². The molecule has 11 heteroatoms. The monoisotopic (exact) mass is 332 g/mol. The predicted octanol–water partition coefficient (Wildman–Crippen LogP) is 3.14. The van der Waals surface area contributed by atoms with Crippen LogP contribution in [0.3, 0.4) is 0 Å². The Labute approximate surface area is 118 Å². The summed E-state index contributed by atoms with van der Waals surface area (Å²) in [4.78, 5) is 21.7. The first kappa shape index (κ1) is 17.6. The third-order valence-electron chi connectivity index (χ3n) is 1.98. The molecule has 0 bridgehead atoms. The number of carboxylic acid groups (broad SMARTS) is 1. The molecule has 0 aliphatic rings. The summed E-state index contributed by atoms with van der Waals surface area (Å²) in [6.45, 7) is 0. The lowest BCUT2D eigenvalue weighted by Gasteiger charge is -2.14. The van der Waals surface area contributed by atoms with Crippen LogP contribution in [-0.4, -0.2) is 29.6 Å². The number of carboxylic acids is 1. The lowest BCUT2D eigenvalue weighted by atomic mass is 10.2. The number of hydrogen-bond acceptors (Lipinski definition) is 4. The zero-order chi connectivity index (χ0) is 17.1. The van der Waals surface area contributed by atoms with Crippen LogP contribution in [0.4, 0.5) is 26.3 Å². The number of aromatic carboxylic acids is 1. The number of esters is 1. The fourth-order valence-corrected chi connectivity index (χ4v) is 1.25. The zero-order valence-electron chi connectivity index (χ0n) is 10.3. The Morgan fingerprint density at radius 3 is 2.09 bits per heavy atom. The van der Waals surface area contributed by atoms with Crippen molar-refractivity contribution < 1.29 is 50.5 Å². The standard InChI is InChI=1S/C11H6F6O5/c12-10(13,14)4-8(18)21-7-3-5(9(19)20)1-2-6(7)22-11(15,16)17/h1-3H,4H2,(H,19,20). The van der Waals surface area contributed by atoms with Gasteiger partial charge in [0.15, 0.2) is 11.5 Å². The fraction of sp³-hybridized carbons (Fsp3) is 0.273. The molecule has 0 fully saturated rings. The van der Waals surface area contributed by atoms with Crippen LogP contribution < -0.4 is 9.47 Å². The first-order valence-electron chi connectivity index (χ1n) is 5.28. The van der Waals surface area contributed by atoms with Gasteiger partial charge in [-0.05, 0) is 18.2 Å². The van der Waals surface area contributed by atoms with Gasteiger partial charge in [0, 0.05) is 0 Å². The minimum absolute atomic E-state index is 0.442. The summed E-state index contributed by atoms with van der Waals surface area (Å²) >= 11 is 0. The van der Waals surface area contributed by atoms with Crippen LogP contribution in [0.1, 0.15) is 16.8 Å². The number of ether oxygens (including phenoxy) is 2. The summed E-state index contributed by atoms with van der Waals surface area (Å²) < 4.78 is 79.9. The highest BCUT2D eigenvalue weighted by molar-refractivity contribution is 5.89. The van der Waals surface area contributed by atoms with Gasteiger partial charge in [0.1, 0.15) is 6.42 Å². The van der Waals surface area contributed by atoms with E-state index in [9.17, 15) is 35.9 Å². The van der Waals surface area contributed by atoms with E-state index in [4.69, 9.17) is 5.11 Å². The van der Waals surface area contributed by atoms with Crippen molar-refractivity contribution in [3.05, 3.63) is 23.8 Å². The Kier molecular flexibility index (Phi) is 4.89. The maximum Gasteiger partial charge on any atom is 0.573 e. The molecule has 0 aliphatic heterocycles. The van der Waals surface area contributed by atoms with Gasteiger partial charge in [-0.3, -0.25) is 4.79 Å². The average Bonchev–Trinajstić information content (AvgIpc) is 2.26. The second-order valence-corrected chi connectivity index (χ2v) is 3.78. The smallest absolute Gasteiger partial charge is 0.478 e. The fourth-order valence-electron chi connectivity index (χ4n) is 1.25. The number of carbonyl (C=O) groups excluding carboxylic acids is 1. The molecule has 0 unspecified atom stereocenters. The molecule has 0 atom stereocenters. The van der Waals surface area contributed by atoms with Gasteiger partial charge in [0.2, 0.25) is 0 Å². The maximum atomic E-state index is 12.1. The van der Waals surface area contributed by atoms with Crippen molar-refractivity contribution in [2.45, 2.75) is 19.0 Å². The molecule has 0 aromatic heterocycles. The molecular weight excluding hydrogens is 326 g/mol. The van der Waals surface area contributed by atoms with Crippen molar-refractivity contribution in [3.63, 3.8) is 0 Å². The summed E-state index contributed by atoms with van der Waals surface area (Å²) in [5.74, 6) is -5.74. The molecular formula is C11H6F6O5. The number of benzene rings is 1. The minimum Gasteiger partial charge on any atom is -0.478 e. The van der Waals surface area contributed by atoms with Crippen LogP contribution >= 0.6 is 0 Å². The van der Waals surface area contributed by atoms with E-state index in [1.807, 2.05) is 0 Å². The molecule has 122 valence electrons. The van der Waals surface area contributed by atoms with Gasteiger partial charge in [-0.2, -0.15) is 13.2 Å². The molecule has 0 amide bonds. The van der Waals surface area contributed by atoms with Gasteiger partial charge < -0.3 is 14.6 Å². The Hall–Kier alpha value is -2.46. The number of carbonyl (C=O) groups is 2. The summed E-state index contributed by atoms with van der Waals surface area (Å²) in [5.41, 5.74) is -0.607.